The number of carbonyl (C=O) groups excluding carboxylic acids is 3. The van der Waals surface area contributed by atoms with Gasteiger partial charge in [0.05, 0.1) is 11.4 Å². The Morgan fingerprint density at radius 1 is 1.15 bits per heavy atom. The van der Waals surface area contributed by atoms with Gasteiger partial charge in [-0.05, 0) is 19.1 Å². The molecule has 2 aromatic rings. The Hall–Kier alpha value is -2.35. The third kappa shape index (κ3) is 5.87. The average molecular weight is 377 g/mol. The van der Waals surface area contributed by atoms with E-state index in [0.29, 0.717) is 23.0 Å². The minimum absolute atomic E-state index is 0.0250. The standard InChI is InChI=1S/C18H23N3O4S/c1-4-16-19-17(25-20-16)11-21(3)18(24)10-7-13(22)6-8-14(23)15-9-5-12(2)26-15/h5,9H,4,6-8,10-11H2,1-3H3. The van der Waals surface area contributed by atoms with Crippen molar-refractivity contribution in [2.24, 2.45) is 0 Å². The maximum Gasteiger partial charge on any atom is 0.246 e. The van der Waals surface area contributed by atoms with Crippen LogP contribution in [0.5, 0.6) is 0 Å². The number of hydrogen-bond acceptors (Lipinski definition) is 7. The molecule has 0 aliphatic carbocycles. The van der Waals surface area contributed by atoms with Crippen molar-refractivity contribution < 1.29 is 18.9 Å². The summed E-state index contributed by atoms with van der Waals surface area (Å²) in [6.07, 6.45) is 1.25. The first-order valence-electron chi connectivity index (χ1n) is 8.55. The first kappa shape index (κ1) is 20.0. The second-order valence-corrected chi connectivity index (χ2v) is 7.37. The summed E-state index contributed by atoms with van der Waals surface area (Å²) in [5, 5.41) is 3.78. The summed E-state index contributed by atoms with van der Waals surface area (Å²) >= 11 is 1.43. The number of carbonyl (C=O) groups is 3. The van der Waals surface area contributed by atoms with Gasteiger partial charge in [0, 0.05) is 44.0 Å². The monoisotopic (exact) mass is 377 g/mol. The van der Waals surface area contributed by atoms with Crippen LogP contribution in [0.1, 0.15) is 58.9 Å². The fourth-order valence-electron chi connectivity index (χ4n) is 2.31. The first-order valence-corrected chi connectivity index (χ1v) is 9.37. The number of nitrogens with zero attached hydrogens (tertiary/aromatic N) is 3. The molecule has 0 aromatic carbocycles. The van der Waals surface area contributed by atoms with Crippen LogP contribution in [0.3, 0.4) is 0 Å². The summed E-state index contributed by atoms with van der Waals surface area (Å²) in [6.45, 7) is 4.07. The molecule has 7 nitrogen and oxygen atoms in total. The van der Waals surface area contributed by atoms with Gasteiger partial charge >= 0.3 is 0 Å². The predicted octanol–water partition coefficient (Wildman–Crippen LogP) is 2.97. The molecule has 2 heterocycles. The van der Waals surface area contributed by atoms with Crippen molar-refractivity contribution in [3.63, 3.8) is 0 Å². The molecule has 0 fully saturated rings. The van der Waals surface area contributed by atoms with E-state index < -0.39 is 0 Å². The third-order valence-corrected chi connectivity index (χ3v) is 4.93. The Morgan fingerprint density at radius 2 is 1.88 bits per heavy atom. The summed E-state index contributed by atoms with van der Waals surface area (Å²) in [6, 6.07) is 3.67. The van der Waals surface area contributed by atoms with Crippen LogP contribution in [0.25, 0.3) is 0 Å². The summed E-state index contributed by atoms with van der Waals surface area (Å²) < 4.78 is 5.05. The fourth-order valence-corrected chi connectivity index (χ4v) is 3.15. The van der Waals surface area contributed by atoms with Gasteiger partial charge in [-0.2, -0.15) is 4.98 Å². The van der Waals surface area contributed by atoms with Gasteiger partial charge < -0.3 is 9.42 Å². The van der Waals surface area contributed by atoms with Crippen LogP contribution in [-0.4, -0.2) is 39.6 Å². The number of hydrogen-bond donors (Lipinski definition) is 0. The minimum atomic E-state index is -0.171. The zero-order valence-corrected chi connectivity index (χ0v) is 16.1. The van der Waals surface area contributed by atoms with Gasteiger partial charge in [-0.25, -0.2) is 0 Å². The van der Waals surface area contributed by atoms with Crippen LogP contribution in [-0.2, 0) is 22.6 Å². The number of amides is 1. The van der Waals surface area contributed by atoms with Crippen molar-refractivity contribution in [3.8, 4) is 0 Å². The lowest BCUT2D eigenvalue weighted by Crippen LogP contribution is -2.26. The molecule has 0 atom stereocenters. The largest absolute Gasteiger partial charge is 0.337 e. The molecule has 0 aliphatic rings. The Labute approximate surface area is 156 Å². The van der Waals surface area contributed by atoms with Gasteiger partial charge in [-0.3, -0.25) is 14.4 Å². The molecule has 8 heteroatoms. The average Bonchev–Trinajstić information content (AvgIpc) is 3.26. The van der Waals surface area contributed by atoms with Gasteiger partial charge in [0.2, 0.25) is 11.8 Å². The van der Waals surface area contributed by atoms with Crippen LogP contribution < -0.4 is 0 Å². The van der Waals surface area contributed by atoms with Gasteiger partial charge in [0.25, 0.3) is 0 Å². The number of rotatable bonds is 10. The molecule has 0 N–H and O–H groups in total. The lowest BCUT2D eigenvalue weighted by Gasteiger charge is -2.14. The quantitative estimate of drug-likeness (QED) is 0.591. The van der Waals surface area contributed by atoms with Crippen LogP contribution in [0.15, 0.2) is 16.7 Å². The molecule has 26 heavy (non-hydrogen) atoms. The molecule has 0 saturated carbocycles. The fraction of sp³-hybridized carbons (Fsp3) is 0.500. The summed E-state index contributed by atoms with van der Waals surface area (Å²) in [7, 11) is 1.63. The topological polar surface area (TPSA) is 93.4 Å². The molecule has 1 amide bonds. The van der Waals surface area contributed by atoms with Crippen LogP contribution >= 0.6 is 11.3 Å². The summed E-state index contributed by atoms with van der Waals surface area (Å²) in [4.78, 5) is 43.4. The highest BCUT2D eigenvalue weighted by molar-refractivity contribution is 7.14. The lowest BCUT2D eigenvalue weighted by molar-refractivity contribution is -0.132. The number of ketones is 2. The highest BCUT2D eigenvalue weighted by Gasteiger charge is 2.16. The first-order chi connectivity index (χ1) is 12.4. The van der Waals surface area contributed by atoms with E-state index in [1.807, 2.05) is 19.9 Å². The maximum absolute atomic E-state index is 12.1. The maximum atomic E-state index is 12.1. The molecule has 0 aliphatic heterocycles. The highest BCUT2D eigenvalue weighted by atomic mass is 32.1. The lowest BCUT2D eigenvalue weighted by atomic mass is 10.1. The number of Topliss-reactive ketones (excluding diaryl/α,β-unsaturated/α-hetero) is 2. The van der Waals surface area contributed by atoms with Crippen molar-refractivity contribution in [1.82, 2.24) is 15.0 Å². The smallest absolute Gasteiger partial charge is 0.246 e. The van der Waals surface area contributed by atoms with Crippen LogP contribution in [0.4, 0.5) is 0 Å². The molecule has 0 radical (unpaired) electrons. The molecule has 140 valence electrons. The molecule has 0 unspecified atom stereocenters. The Kier molecular flexibility index (Phi) is 7.20. The molecule has 0 bridgehead atoms. The molecular weight excluding hydrogens is 354 g/mol. The van der Waals surface area contributed by atoms with Crippen molar-refractivity contribution >= 4 is 28.8 Å². The molecule has 0 saturated heterocycles. The predicted molar refractivity (Wildman–Crippen MR) is 97.0 cm³/mol. The zero-order chi connectivity index (χ0) is 19.1. The van der Waals surface area contributed by atoms with Crippen molar-refractivity contribution in [2.75, 3.05) is 7.05 Å². The van der Waals surface area contributed by atoms with E-state index in [2.05, 4.69) is 10.1 Å². The Morgan fingerprint density at radius 3 is 2.50 bits per heavy atom. The highest BCUT2D eigenvalue weighted by Crippen LogP contribution is 2.18. The Balaban J connectivity index is 1.70. The van der Waals surface area contributed by atoms with Gasteiger partial charge in [-0.15, -0.1) is 11.3 Å². The van der Waals surface area contributed by atoms with Gasteiger partial charge in [-0.1, -0.05) is 12.1 Å². The van der Waals surface area contributed by atoms with Crippen molar-refractivity contribution in [2.45, 2.75) is 52.5 Å². The van der Waals surface area contributed by atoms with Crippen LogP contribution in [0, 0.1) is 6.92 Å². The molecular formula is C18H23N3O4S. The zero-order valence-electron chi connectivity index (χ0n) is 15.3. The number of aromatic nitrogens is 2. The summed E-state index contributed by atoms with van der Waals surface area (Å²) in [5.41, 5.74) is 0. The van der Waals surface area contributed by atoms with E-state index in [4.69, 9.17) is 4.52 Å². The number of aryl methyl sites for hydroxylation is 2. The van der Waals surface area contributed by atoms with Gasteiger partial charge in [0.15, 0.2) is 11.6 Å². The van der Waals surface area contributed by atoms with Crippen molar-refractivity contribution in [3.05, 3.63) is 33.6 Å². The van der Waals surface area contributed by atoms with E-state index in [0.717, 1.165) is 4.88 Å². The SMILES string of the molecule is CCc1noc(CN(C)C(=O)CCC(=O)CCC(=O)c2ccc(C)s2)n1. The molecule has 0 spiro atoms. The van der Waals surface area contributed by atoms with E-state index in [-0.39, 0.29) is 49.7 Å². The number of thiophene rings is 1. The van der Waals surface area contributed by atoms with Crippen LogP contribution in [0.2, 0.25) is 0 Å². The van der Waals surface area contributed by atoms with E-state index in [1.54, 1.807) is 13.1 Å². The second kappa shape index (κ2) is 9.38. The second-order valence-electron chi connectivity index (χ2n) is 6.08. The molecule has 2 rings (SSSR count). The third-order valence-electron chi connectivity index (χ3n) is 3.89. The van der Waals surface area contributed by atoms with Crippen molar-refractivity contribution in [1.29, 1.82) is 0 Å². The van der Waals surface area contributed by atoms with E-state index in [1.165, 1.54) is 16.2 Å². The Bertz CT molecular complexity index is 781. The van der Waals surface area contributed by atoms with E-state index >= 15 is 0 Å². The minimum Gasteiger partial charge on any atom is -0.337 e. The summed E-state index contributed by atoms with van der Waals surface area (Å²) in [5.74, 6) is 0.694. The molecule has 2 aromatic heterocycles. The normalized spacial score (nSPS) is 10.7. The van der Waals surface area contributed by atoms with Gasteiger partial charge in [0.1, 0.15) is 5.78 Å². The van der Waals surface area contributed by atoms with E-state index in [9.17, 15) is 14.4 Å².